The van der Waals surface area contributed by atoms with Gasteiger partial charge < -0.3 is 14.7 Å². The van der Waals surface area contributed by atoms with E-state index in [0.717, 1.165) is 48.8 Å². The number of rotatable bonds is 8. The number of fused-ring (bicyclic) bond motifs is 3. The molecule has 0 aliphatic heterocycles. The summed E-state index contributed by atoms with van der Waals surface area (Å²) in [5.41, 5.74) is 4.40. The molecule has 1 aliphatic rings. The summed E-state index contributed by atoms with van der Waals surface area (Å²) in [6.07, 6.45) is 7.86. The van der Waals surface area contributed by atoms with Crippen LogP contribution in [0.3, 0.4) is 0 Å². The van der Waals surface area contributed by atoms with E-state index in [1.165, 1.54) is 24.0 Å². The number of hydrogen-bond acceptors (Lipinski definition) is 4. The Morgan fingerprint density at radius 3 is 2.65 bits per heavy atom. The Balaban J connectivity index is 1.47. The lowest BCUT2D eigenvalue weighted by Crippen LogP contribution is -2.19. The molecule has 3 aromatic rings. The van der Waals surface area contributed by atoms with Crippen LogP contribution < -0.4 is 0 Å². The molecule has 1 atom stereocenters. The first-order valence-electron chi connectivity index (χ1n) is 11.2. The highest BCUT2D eigenvalue weighted by molar-refractivity contribution is 6.04. The Morgan fingerprint density at radius 1 is 1.06 bits per heavy atom. The minimum Gasteiger partial charge on any atom is -0.481 e. The second-order valence-corrected chi connectivity index (χ2v) is 8.44. The lowest BCUT2D eigenvalue weighted by Gasteiger charge is -2.13. The van der Waals surface area contributed by atoms with E-state index in [1.54, 1.807) is 0 Å². The van der Waals surface area contributed by atoms with Crippen LogP contribution in [-0.4, -0.2) is 22.0 Å². The van der Waals surface area contributed by atoms with Crippen LogP contribution in [0.4, 0.5) is 0 Å². The summed E-state index contributed by atoms with van der Waals surface area (Å²) in [7, 11) is 0. The van der Waals surface area contributed by atoms with Gasteiger partial charge in [-0.25, -0.2) is 0 Å². The van der Waals surface area contributed by atoms with Gasteiger partial charge in [-0.15, -0.1) is 0 Å². The van der Waals surface area contributed by atoms with Gasteiger partial charge in [0.15, 0.2) is 0 Å². The average molecular weight is 420 g/mol. The van der Waals surface area contributed by atoms with Crippen molar-refractivity contribution in [2.24, 2.45) is 11.1 Å². The standard InChI is InChI=1S/C26H29NO4/c28-26(29)20(11-7-10-18-8-3-1-4-9-18)16-23(27-30)19-14-15-22-21-12-5-2-6-13-24(21)31-25(22)17-19/h1,3-4,8-9,14-15,17,20,30H,2,5-7,10-13,16H2,(H,28,29)/t20-/m1/s1. The maximum atomic E-state index is 11.8. The maximum absolute atomic E-state index is 11.8. The van der Waals surface area contributed by atoms with E-state index in [1.807, 2.05) is 36.4 Å². The van der Waals surface area contributed by atoms with Crippen molar-refractivity contribution < 1.29 is 19.5 Å². The normalized spacial score (nSPS) is 15.4. The van der Waals surface area contributed by atoms with Gasteiger partial charge in [0.2, 0.25) is 0 Å². The summed E-state index contributed by atoms with van der Waals surface area (Å²) in [4.78, 5) is 11.8. The highest BCUT2D eigenvalue weighted by Crippen LogP contribution is 2.32. The van der Waals surface area contributed by atoms with Crippen molar-refractivity contribution in [3.63, 3.8) is 0 Å². The minimum atomic E-state index is -0.861. The number of hydrogen-bond donors (Lipinski definition) is 2. The molecule has 0 bridgehead atoms. The Kier molecular flexibility index (Phi) is 6.70. The van der Waals surface area contributed by atoms with Crippen molar-refractivity contribution in [2.45, 2.75) is 57.8 Å². The predicted molar refractivity (Wildman–Crippen MR) is 121 cm³/mol. The Bertz CT molecular complexity index is 1070. The maximum Gasteiger partial charge on any atom is 0.306 e. The number of oxime groups is 1. The Morgan fingerprint density at radius 2 is 1.87 bits per heavy atom. The number of furan rings is 1. The summed E-state index contributed by atoms with van der Waals surface area (Å²) < 4.78 is 6.12. The van der Waals surface area contributed by atoms with Crippen molar-refractivity contribution in [1.82, 2.24) is 0 Å². The van der Waals surface area contributed by atoms with Crippen LogP contribution >= 0.6 is 0 Å². The predicted octanol–water partition coefficient (Wildman–Crippen LogP) is 5.99. The van der Waals surface area contributed by atoms with Crippen LogP contribution in [0.5, 0.6) is 0 Å². The second kappa shape index (κ2) is 9.82. The van der Waals surface area contributed by atoms with Gasteiger partial charge in [0.25, 0.3) is 0 Å². The van der Waals surface area contributed by atoms with Crippen molar-refractivity contribution in [3.05, 3.63) is 71.0 Å². The first kappa shape index (κ1) is 21.2. The molecule has 1 heterocycles. The van der Waals surface area contributed by atoms with Crippen LogP contribution in [0.1, 0.15) is 61.0 Å². The molecule has 0 saturated carbocycles. The summed E-state index contributed by atoms with van der Waals surface area (Å²) in [5, 5.41) is 23.9. The molecule has 1 aromatic heterocycles. The van der Waals surface area contributed by atoms with E-state index < -0.39 is 11.9 Å². The summed E-state index contributed by atoms with van der Waals surface area (Å²) in [5.74, 6) is -0.393. The SMILES string of the molecule is O=C(O)[C@H](CCCc1ccccc1)CC(=NO)c1ccc2c3c(oc2c1)CCCCC3. The molecule has 0 radical (unpaired) electrons. The Hall–Kier alpha value is -3.08. The number of carboxylic acid groups (broad SMARTS) is 1. The first-order chi connectivity index (χ1) is 15.2. The molecule has 0 unspecified atom stereocenters. The molecule has 4 rings (SSSR count). The highest BCUT2D eigenvalue weighted by atomic mass is 16.4. The van der Waals surface area contributed by atoms with E-state index in [0.29, 0.717) is 17.7 Å². The van der Waals surface area contributed by atoms with Gasteiger partial charge in [-0.1, -0.05) is 54.0 Å². The average Bonchev–Trinajstić information content (AvgIpc) is 2.96. The van der Waals surface area contributed by atoms with E-state index >= 15 is 0 Å². The van der Waals surface area contributed by atoms with E-state index in [2.05, 4.69) is 17.3 Å². The summed E-state index contributed by atoms with van der Waals surface area (Å²) in [6.45, 7) is 0. The first-order valence-corrected chi connectivity index (χ1v) is 11.2. The molecule has 0 spiro atoms. The number of aliphatic carboxylic acids is 1. The third-order valence-electron chi connectivity index (χ3n) is 6.31. The lowest BCUT2D eigenvalue weighted by molar-refractivity contribution is -0.141. The molecule has 5 nitrogen and oxygen atoms in total. The zero-order valence-electron chi connectivity index (χ0n) is 17.7. The quantitative estimate of drug-likeness (QED) is 0.203. The summed E-state index contributed by atoms with van der Waals surface area (Å²) >= 11 is 0. The lowest BCUT2D eigenvalue weighted by atomic mass is 9.92. The molecular weight excluding hydrogens is 390 g/mol. The molecule has 1 aliphatic carbocycles. The highest BCUT2D eigenvalue weighted by Gasteiger charge is 2.23. The molecule has 2 aromatic carbocycles. The number of nitrogens with zero attached hydrogens (tertiary/aromatic N) is 1. The van der Waals surface area contributed by atoms with Gasteiger partial charge in [0.1, 0.15) is 11.3 Å². The third kappa shape index (κ3) is 4.98. The van der Waals surface area contributed by atoms with Crippen LogP contribution in [0.15, 0.2) is 58.1 Å². The molecule has 162 valence electrons. The zero-order valence-corrected chi connectivity index (χ0v) is 17.7. The largest absolute Gasteiger partial charge is 0.481 e. The van der Waals surface area contributed by atoms with Gasteiger partial charge >= 0.3 is 5.97 Å². The van der Waals surface area contributed by atoms with Gasteiger partial charge in [0, 0.05) is 29.4 Å². The number of benzene rings is 2. The van der Waals surface area contributed by atoms with E-state index in [9.17, 15) is 15.1 Å². The van der Waals surface area contributed by atoms with Crippen LogP contribution in [-0.2, 0) is 24.1 Å². The number of aryl methyl sites for hydroxylation is 3. The van der Waals surface area contributed by atoms with Crippen molar-refractivity contribution in [2.75, 3.05) is 0 Å². The molecular formula is C26H29NO4. The van der Waals surface area contributed by atoms with Crippen molar-refractivity contribution >= 4 is 22.7 Å². The smallest absolute Gasteiger partial charge is 0.306 e. The van der Waals surface area contributed by atoms with Crippen molar-refractivity contribution in [3.8, 4) is 0 Å². The van der Waals surface area contributed by atoms with Crippen molar-refractivity contribution in [1.29, 1.82) is 0 Å². The second-order valence-electron chi connectivity index (χ2n) is 8.44. The number of carbonyl (C=O) groups is 1. The molecule has 0 saturated heterocycles. The topological polar surface area (TPSA) is 83.0 Å². The van der Waals surface area contributed by atoms with Gasteiger partial charge in [-0.05, 0) is 50.2 Å². The zero-order chi connectivity index (χ0) is 21.6. The minimum absolute atomic E-state index is 0.187. The molecule has 5 heteroatoms. The van der Waals surface area contributed by atoms with E-state index in [-0.39, 0.29) is 6.42 Å². The fourth-order valence-electron chi connectivity index (χ4n) is 4.58. The monoisotopic (exact) mass is 419 g/mol. The Labute approximate surface area is 182 Å². The third-order valence-corrected chi connectivity index (χ3v) is 6.31. The molecule has 0 fully saturated rings. The van der Waals surface area contributed by atoms with Gasteiger partial charge in [0.05, 0.1) is 11.6 Å². The molecule has 31 heavy (non-hydrogen) atoms. The van der Waals surface area contributed by atoms with Gasteiger partial charge in [-0.2, -0.15) is 0 Å². The fourth-order valence-corrected chi connectivity index (χ4v) is 4.58. The van der Waals surface area contributed by atoms with E-state index in [4.69, 9.17) is 4.42 Å². The van der Waals surface area contributed by atoms with Crippen LogP contribution in [0.2, 0.25) is 0 Å². The van der Waals surface area contributed by atoms with Crippen LogP contribution in [0, 0.1) is 5.92 Å². The van der Waals surface area contributed by atoms with Gasteiger partial charge in [-0.3, -0.25) is 4.79 Å². The molecule has 2 N–H and O–H groups in total. The van der Waals surface area contributed by atoms with Crippen LogP contribution in [0.25, 0.3) is 11.0 Å². The fraction of sp³-hybridized carbons (Fsp3) is 0.385. The number of carboxylic acids is 1. The molecule has 0 amide bonds. The summed E-state index contributed by atoms with van der Waals surface area (Å²) in [6, 6.07) is 15.9.